The molecule has 0 aliphatic rings. The smallest absolute Gasteiger partial charge is 0.343 e. The fourth-order valence-electron chi connectivity index (χ4n) is 4.07. The monoisotopic (exact) mass is 513 g/mol. The number of carbonyl (C=O) groups excluding carboxylic acids is 2. The van der Waals surface area contributed by atoms with Crippen molar-refractivity contribution in [2.75, 3.05) is 7.11 Å². The van der Waals surface area contributed by atoms with Crippen molar-refractivity contribution < 1.29 is 23.8 Å². The van der Waals surface area contributed by atoms with Crippen LogP contribution in [0.15, 0.2) is 66.7 Å². The van der Waals surface area contributed by atoms with Crippen LogP contribution in [-0.2, 0) is 6.42 Å². The second-order valence-corrected chi connectivity index (χ2v) is 9.20. The van der Waals surface area contributed by atoms with Gasteiger partial charge in [0.05, 0.1) is 29.9 Å². The molecular formula is C32H35NO5. The maximum atomic E-state index is 12.7. The number of rotatable bonds is 14. The van der Waals surface area contributed by atoms with Gasteiger partial charge < -0.3 is 14.2 Å². The first kappa shape index (κ1) is 28.5. The average Bonchev–Trinajstić information content (AvgIpc) is 2.95. The molecule has 0 radical (unpaired) electrons. The molecule has 0 saturated heterocycles. The maximum Gasteiger partial charge on any atom is 0.343 e. The van der Waals surface area contributed by atoms with E-state index in [0.717, 1.165) is 12.8 Å². The number of hydrogen-bond donors (Lipinski definition) is 0. The molecule has 198 valence electrons. The number of methoxy groups -OCH3 is 1. The van der Waals surface area contributed by atoms with Crippen LogP contribution in [0.4, 0.5) is 0 Å². The van der Waals surface area contributed by atoms with E-state index in [1.165, 1.54) is 100 Å². The Balaban J connectivity index is 1.50. The van der Waals surface area contributed by atoms with Crippen molar-refractivity contribution in [2.45, 2.75) is 64.7 Å². The predicted molar refractivity (Wildman–Crippen MR) is 147 cm³/mol. The number of hydrogen-bond acceptors (Lipinski definition) is 6. The van der Waals surface area contributed by atoms with Crippen molar-refractivity contribution in [3.05, 3.63) is 89.0 Å². The molecule has 6 heteroatoms. The molecule has 0 aromatic heterocycles. The summed E-state index contributed by atoms with van der Waals surface area (Å²) in [6.45, 7) is 2.24. The fraction of sp³-hybridized carbons (Fsp3) is 0.344. The number of aryl methyl sites for hydroxylation is 1. The first-order valence-corrected chi connectivity index (χ1v) is 13.3. The second kappa shape index (κ2) is 15.2. The SMILES string of the molecule is CCCCCCCCCCc1ccc(OC(=O)c2ccc(OC(=O)c3ccc(C#N)cc3)c(OC)c2)cc1. The number of nitrogens with zero attached hydrogens (tertiary/aromatic N) is 1. The molecule has 38 heavy (non-hydrogen) atoms. The van der Waals surface area contributed by atoms with Crippen molar-refractivity contribution in [2.24, 2.45) is 0 Å². The lowest BCUT2D eigenvalue weighted by Gasteiger charge is -2.11. The minimum atomic E-state index is -0.602. The molecule has 6 nitrogen and oxygen atoms in total. The highest BCUT2D eigenvalue weighted by Crippen LogP contribution is 2.29. The minimum Gasteiger partial charge on any atom is -0.493 e. The van der Waals surface area contributed by atoms with E-state index in [9.17, 15) is 9.59 Å². The zero-order valence-electron chi connectivity index (χ0n) is 22.2. The van der Waals surface area contributed by atoms with Crippen molar-refractivity contribution in [1.29, 1.82) is 5.26 Å². The summed E-state index contributed by atoms with van der Waals surface area (Å²) in [4.78, 5) is 25.2. The van der Waals surface area contributed by atoms with Crippen LogP contribution >= 0.6 is 0 Å². The highest BCUT2D eigenvalue weighted by Gasteiger charge is 2.16. The Morgan fingerprint density at radius 2 is 1.32 bits per heavy atom. The Kier molecular flexibility index (Phi) is 11.4. The lowest BCUT2D eigenvalue weighted by Crippen LogP contribution is -2.11. The predicted octanol–water partition coefficient (Wildman–Crippen LogP) is 7.69. The van der Waals surface area contributed by atoms with Crippen molar-refractivity contribution in [1.82, 2.24) is 0 Å². The van der Waals surface area contributed by atoms with Gasteiger partial charge in [-0.3, -0.25) is 0 Å². The summed E-state index contributed by atoms with van der Waals surface area (Å²) in [7, 11) is 1.43. The zero-order chi connectivity index (χ0) is 27.2. The van der Waals surface area contributed by atoms with Crippen LogP contribution in [0.1, 0.15) is 90.1 Å². The maximum absolute atomic E-state index is 12.7. The van der Waals surface area contributed by atoms with Crippen LogP contribution in [0.3, 0.4) is 0 Å². The van der Waals surface area contributed by atoms with E-state index in [-0.39, 0.29) is 17.1 Å². The third kappa shape index (κ3) is 8.77. The summed E-state index contributed by atoms with van der Waals surface area (Å²) in [5.74, 6) is -0.282. The molecule has 0 saturated carbocycles. The summed E-state index contributed by atoms with van der Waals surface area (Å²) in [5, 5.41) is 8.90. The Bertz CT molecular complexity index is 1230. The number of esters is 2. The molecule has 0 fully saturated rings. The van der Waals surface area contributed by atoms with E-state index < -0.39 is 11.9 Å². The average molecular weight is 514 g/mol. The zero-order valence-corrected chi connectivity index (χ0v) is 22.2. The molecule has 0 atom stereocenters. The summed E-state index contributed by atoms with van der Waals surface area (Å²) < 4.78 is 16.3. The summed E-state index contributed by atoms with van der Waals surface area (Å²) in [6.07, 6.45) is 11.3. The van der Waals surface area contributed by atoms with E-state index in [1.807, 2.05) is 30.3 Å². The van der Waals surface area contributed by atoms with Gasteiger partial charge in [-0.15, -0.1) is 0 Å². The molecule has 0 heterocycles. The molecule has 3 aromatic carbocycles. The van der Waals surface area contributed by atoms with Crippen molar-refractivity contribution >= 4 is 11.9 Å². The van der Waals surface area contributed by atoms with E-state index in [1.54, 1.807) is 0 Å². The molecule has 0 N–H and O–H groups in total. The first-order valence-electron chi connectivity index (χ1n) is 13.3. The molecular weight excluding hydrogens is 478 g/mol. The van der Waals surface area contributed by atoms with Gasteiger partial charge in [-0.1, -0.05) is 64.0 Å². The van der Waals surface area contributed by atoms with Crippen LogP contribution in [0, 0.1) is 11.3 Å². The van der Waals surface area contributed by atoms with E-state index >= 15 is 0 Å². The Hall–Kier alpha value is -4.11. The third-order valence-corrected chi connectivity index (χ3v) is 6.30. The largest absolute Gasteiger partial charge is 0.493 e. The highest BCUT2D eigenvalue weighted by atomic mass is 16.6. The van der Waals surface area contributed by atoms with E-state index in [4.69, 9.17) is 19.5 Å². The van der Waals surface area contributed by atoms with Crippen LogP contribution in [0.2, 0.25) is 0 Å². The van der Waals surface area contributed by atoms with Gasteiger partial charge in [0, 0.05) is 0 Å². The van der Waals surface area contributed by atoms with Gasteiger partial charge in [-0.25, -0.2) is 9.59 Å². The molecule has 0 aliphatic heterocycles. The summed E-state index contributed by atoms with van der Waals surface area (Å²) in [6, 6.07) is 20.2. The number of nitriles is 1. The van der Waals surface area contributed by atoms with Crippen molar-refractivity contribution in [3.8, 4) is 23.3 Å². The molecule has 0 amide bonds. The summed E-state index contributed by atoms with van der Waals surface area (Å²) in [5.41, 5.74) is 2.23. The number of unbranched alkanes of at least 4 members (excludes halogenated alkanes) is 7. The van der Waals surface area contributed by atoms with Gasteiger partial charge in [0.15, 0.2) is 11.5 Å². The molecule has 0 bridgehead atoms. The highest BCUT2D eigenvalue weighted by molar-refractivity contribution is 5.93. The van der Waals surface area contributed by atoms with Gasteiger partial charge in [-0.2, -0.15) is 5.26 Å². The number of carbonyl (C=O) groups is 2. The lowest BCUT2D eigenvalue weighted by atomic mass is 10.0. The van der Waals surface area contributed by atoms with E-state index in [2.05, 4.69) is 6.92 Å². The topological polar surface area (TPSA) is 85.6 Å². The van der Waals surface area contributed by atoms with Gasteiger partial charge in [-0.05, 0) is 73.0 Å². The van der Waals surface area contributed by atoms with Crippen molar-refractivity contribution in [3.63, 3.8) is 0 Å². The van der Waals surface area contributed by atoms with Crippen LogP contribution in [0.5, 0.6) is 17.2 Å². The Labute approximate surface area is 225 Å². The third-order valence-electron chi connectivity index (χ3n) is 6.30. The van der Waals surface area contributed by atoms with Gasteiger partial charge in [0.1, 0.15) is 5.75 Å². The first-order chi connectivity index (χ1) is 18.5. The number of ether oxygens (including phenoxy) is 3. The van der Waals surface area contributed by atoms with Gasteiger partial charge >= 0.3 is 11.9 Å². The molecule has 0 spiro atoms. The van der Waals surface area contributed by atoms with Crippen LogP contribution in [0.25, 0.3) is 0 Å². The quantitative estimate of drug-likeness (QED) is 0.125. The Morgan fingerprint density at radius 3 is 1.95 bits per heavy atom. The fourth-order valence-corrected chi connectivity index (χ4v) is 4.07. The molecule has 0 unspecified atom stereocenters. The summed E-state index contributed by atoms with van der Waals surface area (Å²) >= 11 is 0. The second-order valence-electron chi connectivity index (χ2n) is 9.20. The normalized spacial score (nSPS) is 10.4. The molecule has 3 aromatic rings. The van der Waals surface area contributed by atoms with Gasteiger partial charge in [0.2, 0.25) is 0 Å². The van der Waals surface area contributed by atoms with Crippen LogP contribution < -0.4 is 14.2 Å². The lowest BCUT2D eigenvalue weighted by molar-refractivity contribution is 0.0728. The molecule has 0 aliphatic carbocycles. The number of benzene rings is 3. The van der Waals surface area contributed by atoms with Gasteiger partial charge in [0.25, 0.3) is 0 Å². The van der Waals surface area contributed by atoms with Crippen LogP contribution in [-0.4, -0.2) is 19.0 Å². The Morgan fingerprint density at radius 1 is 0.711 bits per heavy atom. The molecule has 3 rings (SSSR count). The van der Waals surface area contributed by atoms with E-state index in [0.29, 0.717) is 16.9 Å². The standard InChI is InChI=1S/C32H35NO5/c1-3-4-5-6-7-8-9-10-11-24-14-19-28(20-15-24)37-32(35)27-18-21-29(30(22-27)36-2)38-31(34)26-16-12-25(23-33)13-17-26/h12-22H,3-11H2,1-2H3. The minimum absolute atomic E-state index is 0.170.